The molecule has 102 valence electrons. The zero-order valence-corrected chi connectivity index (χ0v) is 13.2. The number of hydrogen-bond donors (Lipinski definition) is 0. The number of aromatic nitrogens is 1. The number of alkyl halides is 1. The van der Waals surface area contributed by atoms with E-state index in [9.17, 15) is 0 Å². The zero-order chi connectivity index (χ0) is 13.7. The fourth-order valence-electron chi connectivity index (χ4n) is 2.30. The van der Waals surface area contributed by atoms with E-state index in [1.165, 1.54) is 17.4 Å². The fourth-order valence-corrected chi connectivity index (χ4v) is 2.55. The first kappa shape index (κ1) is 14.5. The molecule has 1 heterocycles. The van der Waals surface area contributed by atoms with E-state index in [-0.39, 0.29) is 0 Å². The number of halogens is 1. The van der Waals surface area contributed by atoms with Crippen molar-refractivity contribution < 1.29 is 0 Å². The molecule has 0 saturated heterocycles. The Kier molecular flexibility index (Phi) is 5.34. The van der Waals surface area contributed by atoms with Crippen LogP contribution in [0.3, 0.4) is 0 Å². The van der Waals surface area contributed by atoms with Crippen LogP contribution in [-0.4, -0.2) is 27.8 Å². The first-order chi connectivity index (χ1) is 9.22. The molecule has 2 nitrogen and oxygen atoms in total. The first-order valence-corrected chi connectivity index (χ1v) is 7.97. The van der Waals surface area contributed by atoms with E-state index in [0.717, 1.165) is 23.9 Å². The maximum atomic E-state index is 4.54. The number of para-hydroxylation sites is 1. The van der Waals surface area contributed by atoms with Gasteiger partial charge in [-0.3, -0.25) is 9.88 Å². The topological polar surface area (TPSA) is 16.1 Å². The van der Waals surface area contributed by atoms with Crippen LogP contribution in [-0.2, 0) is 6.54 Å². The largest absolute Gasteiger partial charge is 0.297 e. The lowest BCUT2D eigenvalue weighted by Crippen LogP contribution is -2.31. The smallest absolute Gasteiger partial charge is 0.0746 e. The van der Waals surface area contributed by atoms with Gasteiger partial charge in [-0.1, -0.05) is 40.2 Å². The van der Waals surface area contributed by atoms with Crippen LogP contribution in [0.5, 0.6) is 0 Å². The van der Waals surface area contributed by atoms with Gasteiger partial charge >= 0.3 is 0 Å². The Morgan fingerprint density at radius 1 is 1.21 bits per heavy atom. The summed E-state index contributed by atoms with van der Waals surface area (Å²) in [5.74, 6) is 0. The minimum atomic E-state index is 0.554. The Balaban J connectivity index is 2.23. The average molecular weight is 321 g/mol. The predicted molar refractivity (Wildman–Crippen MR) is 85.7 cm³/mol. The van der Waals surface area contributed by atoms with Crippen LogP contribution in [0.1, 0.15) is 25.8 Å². The summed E-state index contributed by atoms with van der Waals surface area (Å²) in [5, 5.41) is 2.29. The van der Waals surface area contributed by atoms with Crippen molar-refractivity contribution in [2.24, 2.45) is 0 Å². The maximum Gasteiger partial charge on any atom is 0.0746 e. The van der Waals surface area contributed by atoms with Crippen LogP contribution in [0, 0.1) is 0 Å². The Morgan fingerprint density at radius 2 is 2.00 bits per heavy atom. The van der Waals surface area contributed by atoms with Crippen LogP contribution >= 0.6 is 15.9 Å². The molecule has 0 aliphatic rings. The highest BCUT2D eigenvalue weighted by molar-refractivity contribution is 9.09. The molecule has 1 aromatic carbocycles. The summed E-state index contributed by atoms with van der Waals surface area (Å²) in [6.07, 6.45) is 3.06. The van der Waals surface area contributed by atoms with Gasteiger partial charge in [-0.25, -0.2) is 0 Å². The number of rotatable bonds is 6. The van der Waals surface area contributed by atoms with Gasteiger partial charge in [0.05, 0.1) is 5.52 Å². The monoisotopic (exact) mass is 320 g/mol. The van der Waals surface area contributed by atoms with Gasteiger partial charge in [-0.05, 0) is 38.4 Å². The predicted octanol–water partition coefficient (Wildman–Crippen LogP) is 4.23. The molecule has 0 fully saturated rings. The molecule has 0 atom stereocenters. The van der Waals surface area contributed by atoms with Gasteiger partial charge < -0.3 is 0 Å². The highest BCUT2D eigenvalue weighted by Gasteiger charge is 2.11. The van der Waals surface area contributed by atoms with Crippen molar-refractivity contribution in [3.63, 3.8) is 0 Å². The van der Waals surface area contributed by atoms with Crippen molar-refractivity contribution in [3.05, 3.63) is 42.1 Å². The third-order valence-corrected chi connectivity index (χ3v) is 3.96. The molecular weight excluding hydrogens is 300 g/mol. The van der Waals surface area contributed by atoms with Crippen molar-refractivity contribution in [2.75, 3.05) is 11.9 Å². The van der Waals surface area contributed by atoms with Gasteiger partial charge in [0.15, 0.2) is 0 Å². The van der Waals surface area contributed by atoms with E-state index >= 15 is 0 Å². The summed E-state index contributed by atoms with van der Waals surface area (Å²) in [6.45, 7) is 6.60. The molecule has 2 rings (SSSR count). The third kappa shape index (κ3) is 3.77. The van der Waals surface area contributed by atoms with Gasteiger partial charge in [-0.2, -0.15) is 0 Å². The van der Waals surface area contributed by atoms with E-state index in [4.69, 9.17) is 0 Å². The second-order valence-corrected chi connectivity index (χ2v) is 5.89. The molecule has 0 bridgehead atoms. The normalized spacial score (nSPS) is 11.6. The summed E-state index contributed by atoms with van der Waals surface area (Å²) in [7, 11) is 0. The molecule has 19 heavy (non-hydrogen) atoms. The van der Waals surface area contributed by atoms with E-state index < -0.39 is 0 Å². The Bertz CT molecular complexity index is 520. The summed E-state index contributed by atoms with van der Waals surface area (Å²) < 4.78 is 0. The quantitative estimate of drug-likeness (QED) is 0.740. The SMILES string of the molecule is CC(C)N(CCCBr)Cc1cccc2cccnc12. The third-order valence-electron chi connectivity index (χ3n) is 3.40. The van der Waals surface area contributed by atoms with Gasteiger partial charge in [0.2, 0.25) is 0 Å². The summed E-state index contributed by atoms with van der Waals surface area (Å²) in [6, 6.07) is 11.1. The summed E-state index contributed by atoms with van der Waals surface area (Å²) in [4.78, 5) is 7.04. The number of hydrogen-bond acceptors (Lipinski definition) is 2. The zero-order valence-electron chi connectivity index (χ0n) is 11.6. The second kappa shape index (κ2) is 7.01. The highest BCUT2D eigenvalue weighted by atomic mass is 79.9. The first-order valence-electron chi connectivity index (χ1n) is 6.85. The number of nitrogens with zero attached hydrogens (tertiary/aromatic N) is 2. The standard InChI is InChI=1S/C16H21BrN2/c1-13(2)19(11-5-9-17)12-15-7-3-6-14-8-4-10-18-16(14)15/h3-4,6-8,10,13H,5,9,11-12H2,1-2H3. The molecule has 0 aliphatic heterocycles. The molecule has 0 aliphatic carbocycles. The van der Waals surface area contributed by atoms with Crippen molar-refractivity contribution >= 4 is 26.8 Å². The molecule has 3 heteroatoms. The Labute approximate surface area is 124 Å². The van der Waals surface area contributed by atoms with E-state index in [2.05, 4.69) is 63.9 Å². The minimum Gasteiger partial charge on any atom is -0.297 e. The minimum absolute atomic E-state index is 0.554. The van der Waals surface area contributed by atoms with Gasteiger partial charge in [0.1, 0.15) is 0 Å². The van der Waals surface area contributed by atoms with Gasteiger partial charge in [-0.15, -0.1) is 0 Å². The van der Waals surface area contributed by atoms with Crippen molar-refractivity contribution in [2.45, 2.75) is 32.9 Å². The molecular formula is C16H21BrN2. The lowest BCUT2D eigenvalue weighted by Gasteiger charge is -2.26. The van der Waals surface area contributed by atoms with E-state index in [0.29, 0.717) is 6.04 Å². The molecule has 0 N–H and O–H groups in total. The lowest BCUT2D eigenvalue weighted by atomic mass is 10.1. The summed E-state index contributed by atoms with van der Waals surface area (Å²) >= 11 is 3.51. The maximum absolute atomic E-state index is 4.54. The number of benzene rings is 1. The van der Waals surface area contributed by atoms with Crippen molar-refractivity contribution in [3.8, 4) is 0 Å². The molecule has 0 radical (unpaired) electrons. The second-order valence-electron chi connectivity index (χ2n) is 5.10. The lowest BCUT2D eigenvalue weighted by molar-refractivity contribution is 0.215. The van der Waals surface area contributed by atoms with Crippen LogP contribution in [0.15, 0.2) is 36.5 Å². The molecule has 0 unspecified atom stereocenters. The van der Waals surface area contributed by atoms with Crippen molar-refractivity contribution in [1.29, 1.82) is 0 Å². The molecule has 0 saturated carbocycles. The van der Waals surface area contributed by atoms with Crippen LogP contribution in [0.4, 0.5) is 0 Å². The van der Waals surface area contributed by atoms with Crippen molar-refractivity contribution in [1.82, 2.24) is 9.88 Å². The van der Waals surface area contributed by atoms with E-state index in [1.54, 1.807) is 0 Å². The highest BCUT2D eigenvalue weighted by Crippen LogP contribution is 2.18. The Hall–Kier alpha value is -0.930. The Morgan fingerprint density at radius 3 is 2.74 bits per heavy atom. The number of pyridine rings is 1. The molecule has 0 amide bonds. The van der Waals surface area contributed by atoms with Crippen LogP contribution in [0.2, 0.25) is 0 Å². The van der Waals surface area contributed by atoms with Gasteiger partial charge in [0.25, 0.3) is 0 Å². The molecule has 2 aromatic rings. The number of fused-ring (bicyclic) bond motifs is 1. The molecule has 1 aromatic heterocycles. The summed E-state index contributed by atoms with van der Waals surface area (Å²) in [5.41, 5.74) is 2.45. The van der Waals surface area contributed by atoms with Crippen LogP contribution in [0.25, 0.3) is 10.9 Å². The molecule has 0 spiro atoms. The average Bonchev–Trinajstić information content (AvgIpc) is 2.43. The van der Waals surface area contributed by atoms with E-state index in [1.807, 2.05) is 12.3 Å². The van der Waals surface area contributed by atoms with Crippen LogP contribution < -0.4 is 0 Å². The fraction of sp³-hybridized carbons (Fsp3) is 0.438. The van der Waals surface area contributed by atoms with Gasteiger partial charge in [0, 0.05) is 29.5 Å².